The second-order valence-electron chi connectivity index (χ2n) is 7.70. The maximum Gasteiger partial charge on any atom is 0.228 e. The number of hydrogen-bond donors (Lipinski definition) is 1. The zero-order chi connectivity index (χ0) is 21.8. The van der Waals surface area contributed by atoms with Crippen molar-refractivity contribution < 1.29 is 19.1 Å². The van der Waals surface area contributed by atoms with E-state index in [4.69, 9.17) is 9.47 Å². The third-order valence-corrected chi connectivity index (χ3v) is 5.67. The molecule has 0 bridgehead atoms. The molecule has 0 radical (unpaired) electrons. The van der Waals surface area contributed by atoms with Crippen LogP contribution in [0.1, 0.15) is 47.2 Å². The number of allylic oxidation sites excluding steroid dienone is 3. The minimum atomic E-state index is -0.0285. The first-order valence-electron chi connectivity index (χ1n) is 10.4. The number of hydrogen-bond acceptors (Lipinski definition) is 4. The van der Waals surface area contributed by atoms with Crippen molar-refractivity contribution in [2.24, 2.45) is 0 Å². The van der Waals surface area contributed by atoms with Gasteiger partial charge in [0.2, 0.25) is 5.91 Å². The minimum Gasteiger partial charge on any atom is -0.493 e. The number of amides is 1. The number of anilines is 1. The fraction of sp³-hybridized carbons (Fsp3) is 0.269. The number of carbonyl (C=O) groups is 2. The Morgan fingerprint density at radius 1 is 1.03 bits per heavy atom. The molecule has 2 aliphatic rings. The van der Waals surface area contributed by atoms with Crippen LogP contribution in [0.5, 0.6) is 11.5 Å². The molecule has 1 heterocycles. The van der Waals surface area contributed by atoms with Crippen LogP contribution in [-0.2, 0) is 11.2 Å². The highest BCUT2D eigenvalue weighted by atomic mass is 16.5. The highest BCUT2D eigenvalue weighted by Gasteiger charge is 2.19. The Kier molecular flexibility index (Phi) is 6.06. The van der Waals surface area contributed by atoms with Crippen LogP contribution >= 0.6 is 0 Å². The molecule has 31 heavy (non-hydrogen) atoms. The van der Waals surface area contributed by atoms with Crippen molar-refractivity contribution >= 4 is 23.0 Å². The Hall–Kier alpha value is -3.56. The summed E-state index contributed by atoms with van der Waals surface area (Å²) < 4.78 is 10.8. The zero-order valence-corrected chi connectivity index (χ0v) is 17.8. The lowest BCUT2D eigenvalue weighted by Gasteiger charge is -2.13. The number of ketones is 1. The first-order chi connectivity index (χ1) is 15.1. The monoisotopic (exact) mass is 415 g/mol. The summed E-state index contributed by atoms with van der Waals surface area (Å²) in [6.45, 7) is 0. The van der Waals surface area contributed by atoms with Crippen LogP contribution in [0.2, 0.25) is 0 Å². The Balaban J connectivity index is 1.50. The van der Waals surface area contributed by atoms with Crippen LogP contribution in [-0.4, -0.2) is 25.9 Å². The fourth-order valence-corrected chi connectivity index (χ4v) is 3.97. The Bertz CT molecular complexity index is 1140. The molecule has 2 aromatic rings. The van der Waals surface area contributed by atoms with Crippen molar-refractivity contribution in [1.29, 1.82) is 0 Å². The van der Waals surface area contributed by atoms with E-state index in [0.29, 0.717) is 23.5 Å². The van der Waals surface area contributed by atoms with Gasteiger partial charge in [-0.15, -0.1) is 5.73 Å². The van der Waals surface area contributed by atoms with E-state index in [9.17, 15) is 9.59 Å². The van der Waals surface area contributed by atoms with Gasteiger partial charge in [0.1, 0.15) is 0 Å². The molecule has 0 spiro atoms. The molecule has 2 aromatic carbocycles. The topological polar surface area (TPSA) is 64.6 Å². The van der Waals surface area contributed by atoms with Gasteiger partial charge in [0.25, 0.3) is 0 Å². The van der Waals surface area contributed by atoms with Crippen molar-refractivity contribution in [2.45, 2.75) is 32.1 Å². The lowest BCUT2D eigenvalue weighted by Crippen LogP contribution is -2.04. The van der Waals surface area contributed by atoms with Crippen molar-refractivity contribution in [3.8, 4) is 11.5 Å². The van der Waals surface area contributed by atoms with Crippen LogP contribution in [0.15, 0.2) is 59.9 Å². The summed E-state index contributed by atoms with van der Waals surface area (Å²) in [4.78, 5) is 24.4. The summed E-state index contributed by atoms with van der Waals surface area (Å²) in [6, 6.07) is 11.3. The van der Waals surface area contributed by atoms with Gasteiger partial charge >= 0.3 is 0 Å². The Morgan fingerprint density at radius 3 is 2.68 bits per heavy atom. The molecule has 1 aliphatic heterocycles. The molecule has 0 saturated carbocycles. The molecule has 5 nitrogen and oxygen atoms in total. The van der Waals surface area contributed by atoms with E-state index in [1.807, 2.05) is 30.3 Å². The first-order valence-corrected chi connectivity index (χ1v) is 10.4. The van der Waals surface area contributed by atoms with Crippen molar-refractivity contribution in [3.05, 3.63) is 76.5 Å². The summed E-state index contributed by atoms with van der Waals surface area (Å²) >= 11 is 0. The molecular weight excluding hydrogens is 390 g/mol. The van der Waals surface area contributed by atoms with Crippen LogP contribution < -0.4 is 14.8 Å². The molecule has 1 N–H and O–H groups in total. The first kappa shape index (κ1) is 20.7. The molecule has 0 fully saturated rings. The van der Waals surface area contributed by atoms with E-state index in [0.717, 1.165) is 53.6 Å². The number of benzene rings is 2. The van der Waals surface area contributed by atoms with Gasteiger partial charge in [-0.2, -0.15) is 0 Å². The van der Waals surface area contributed by atoms with E-state index in [1.54, 1.807) is 32.4 Å². The molecule has 1 aliphatic carbocycles. The summed E-state index contributed by atoms with van der Waals surface area (Å²) in [5.74, 6) is 1.32. The van der Waals surface area contributed by atoms with Crippen LogP contribution in [0, 0.1) is 0 Å². The molecule has 0 atom stereocenters. The molecule has 0 unspecified atom stereocenters. The molecule has 158 valence electrons. The summed E-state index contributed by atoms with van der Waals surface area (Å²) in [7, 11) is 3.25. The van der Waals surface area contributed by atoms with Gasteiger partial charge in [-0.1, -0.05) is 23.8 Å². The molecule has 1 amide bonds. The predicted octanol–water partition coefficient (Wildman–Crippen LogP) is 5.12. The summed E-state index contributed by atoms with van der Waals surface area (Å²) in [6.07, 6.45) is 7.40. The van der Waals surface area contributed by atoms with E-state index >= 15 is 0 Å². The van der Waals surface area contributed by atoms with Crippen LogP contribution in [0.3, 0.4) is 0 Å². The SMILES string of the molecule is COc1ccc(C2=C=CCCC(=CC(=O)c3ccc4c(c3)NC(=O)C4)CC2)cc1OC. The fourth-order valence-electron chi connectivity index (χ4n) is 3.97. The maximum atomic E-state index is 12.8. The molecule has 4 rings (SSSR count). The second kappa shape index (κ2) is 9.07. The average molecular weight is 415 g/mol. The van der Waals surface area contributed by atoms with Crippen molar-refractivity contribution in [1.82, 2.24) is 0 Å². The average Bonchev–Trinajstić information content (AvgIpc) is 3.14. The zero-order valence-electron chi connectivity index (χ0n) is 17.8. The number of methoxy groups -OCH3 is 2. The largest absolute Gasteiger partial charge is 0.493 e. The van der Waals surface area contributed by atoms with E-state index in [1.165, 1.54) is 0 Å². The number of fused-ring (bicyclic) bond motifs is 1. The van der Waals surface area contributed by atoms with Gasteiger partial charge in [0.15, 0.2) is 17.3 Å². The van der Waals surface area contributed by atoms with Gasteiger partial charge in [0, 0.05) is 16.8 Å². The number of rotatable bonds is 5. The van der Waals surface area contributed by atoms with E-state index in [-0.39, 0.29) is 11.7 Å². The molecule has 0 saturated heterocycles. The van der Waals surface area contributed by atoms with Gasteiger partial charge in [-0.25, -0.2) is 0 Å². The molecule has 0 aromatic heterocycles. The quantitative estimate of drug-likeness (QED) is 0.418. The van der Waals surface area contributed by atoms with Gasteiger partial charge in [-0.3, -0.25) is 9.59 Å². The van der Waals surface area contributed by atoms with Gasteiger partial charge in [-0.05, 0) is 67.2 Å². The van der Waals surface area contributed by atoms with Crippen molar-refractivity contribution in [2.75, 3.05) is 19.5 Å². The standard InChI is InChI=1S/C26H25NO4/c1-30-24-12-11-19(15-25(24)31-2)18-6-4-3-5-17(7-8-18)13-23(28)21-10-9-20-16-26(29)27-22(20)14-21/h4,9-15H,3,5,7-8,16H2,1-2H3,(H,27,29). The lowest BCUT2D eigenvalue weighted by molar-refractivity contribution is -0.115. The smallest absolute Gasteiger partial charge is 0.228 e. The van der Waals surface area contributed by atoms with E-state index < -0.39 is 0 Å². The number of carbonyl (C=O) groups excluding carboxylic acids is 2. The third kappa shape index (κ3) is 4.62. The van der Waals surface area contributed by atoms with Crippen LogP contribution in [0.4, 0.5) is 5.69 Å². The minimum absolute atomic E-state index is 0.0276. The second-order valence-corrected chi connectivity index (χ2v) is 7.70. The number of ether oxygens (including phenoxy) is 2. The number of nitrogens with one attached hydrogen (secondary N) is 1. The van der Waals surface area contributed by atoms with Gasteiger partial charge in [0.05, 0.1) is 20.6 Å². The third-order valence-electron chi connectivity index (χ3n) is 5.67. The summed E-state index contributed by atoms with van der Waals surface area (Å²) in [5, 5.41) is 2.81. The van der Waals surface area contributed by atoms with E-state index in [2.05, 4.69) is 11.0 Å². The Labute approximate surface area is 182 Å². The van der Waals surface area contributed by atoms with Crippen molar-refractivity contribution in [3.63, 3.8) is 0 Å². The molecular formula is C26H25NO4. The highest BCUT2D eigenvalue weighted by molar-refractivity contribution is 6.07. The lowest BCUT2D eigenvalue weighted by atomic mass is 9.93. The normalized spacial score (nSPS) is 16.8. The Morgan fingerprint density at radius 2 is 1.87 bits per heavy atom. The highest BCUT2D eigenvalue weighted by Crippen LogP contribution is 2.33. The summed E-state index contributed by atoms with van der Waals surface area (Å²) in [5.41, 5.74) is 8.93. The maximum absolute atomic E-state index is 12.8. The van der Waals surface area contributed by atoms with Gasteiger partial charge < -0.3 is 14.8 Å². The predicted molar refractivity (Wildman–Crippen MR) is 121 cm³/mol. The van der Waals surface area contributed by atoms with Crippen LogP contribution in [0.25, 0.3) is 5.57 Å². The molecule has 5 heteroatoms.